The minimum Gasteiger partial charge on any atom is -0.384 e. The molecule has 23 heavy (non-hydrogen) atoms. The van der Waals surface area contributed by atoms with Gasteiger partial charge in [0.25, 0.3) is 0 Å². The first kappa shape index (κ1) is 17.4. The average Bonchev–Trinajstić information content (AvgIpc) is 2.85. The van der Waals surface area contributed by atoms with Gasteiger partial charge in [0.15, 0.2) is 0 Å². The second-order valence-electron chi connectivity index (χ2n) is 5.75. The average molecular weight is 333 g/mol. The van der Waals surface area contributed by atoms with Gasteiger partial charge in [-0.2, -0.15) is 0 Å². The van der Waals surface area contributed by atoms with Crippen molar-refractivity contribution in [2.75, 3.05) is 13.1 Å². The predicted octanol–water partition coefficient (Wildman–Crippen LogP) is 2.51. The summed E-state index contributed by atoms with van der Waals surface area (Å²) in [6.45, 7) is 6.39. The molecule has 0 aliphatic carbocycles. The van der Waals surface area contributed by atoms with E-state index in [0.29, 0.717) is 13.0 Å². The Kier molecular flexibility index (Phi) is 5.74. The van der Waals surface area contributed by atoms with Crippen LogP contribution in [0.4, 0.5) is 4.79 Å². The number of rotatable bonds is 6. The lowest BCUT2D eigenvalue weighted by Crippen LogP contribution is -2.43. The van der Waals surface area contributed by atoms with Crippen LogP contribution in [0.2, 0.25) is 0 Å². The zero-order valence-electron chi connectivity index (χ0n) is 13.7. The molecular formula is C17H23N3O2S. The number of aliphatic hydroxyl groups is 1. The van der Waals surface area contributed by atoms with Crippen molar-refractivity contribution >= 4 is 17.4 Å². The highest BCUT2D eigenvalue weighted by atomic mass is 32.1. The molecule has 0 aliphatic heterocycles. The van der Waals surface area contributed by atoms with Gasteiger partial charge in [-0.1, -0.05) is 30.3 Å². The Hall–Kier alpha value is -1.92. The molecule has 2 aromatic rings. The second kappa shape index (κ2) is 7.57. The van der Waals surface area contributed by atoms with Gasteiger partial charge in [-0.15, -0.1) is 11.3 Å². The van der Waals surface area contributed by atoms with Crippen LogP contribution in [0.15, 0.2) is 30.3 Å². The number of nitrogens with zero attached hydrogens (tertiary/aromatic N) is 1. The first-order valence-electron chi connectivity index (χ1n) is 7.61. The number of carbonyl (C=O) groups excluding carboxylic acids is 1. The third kappa shape index (κ3) is 5.04. The molecular weight excluding hydrogens is 310 g/mol. The third-order valence-electron chi connectivity index (χ3n) is 3.69. The van der Waals surface area contributed by atoms with Crippen LogP contribution in [-0.2, 0) is 12.0 Å². The van der Waals surface area contributed by atoms with Gasteiger partial charge in [-0.05, 0) is 26.3 Å². The summed E-state index contributed by atoms with van der Waals surface area (Å²) in [7, 11) is 0. The number of urea groups is 1. The van der Waals surface area contributed by atoms with E-state index in [0.717, 1.165) is 16.3 Å². The zero-order valence-corrected chi connectivity index (χ0v) is 14.5. The van der Waals surface area contributed by atoms with Crippen LogP contribution in [-0.4, -0.2) is 29.2 Å². The highest BCUT2D eigenvalue weighted by Crippen LogP contribution is 2.19. The van der Waals surface area contributed by atoms with Crippen LogP contribution in [0, 0.1) is 13.8 Å². The highest BCUT2D eigenvalue weighted by molar-refractivity contribution is 7.11. The number of aryl methyl sites for hydroxylation is 2. The first-order valence-corrected chi connectivity index (χ1v) is 8.42. The molecule has 0 spiro atoms. The van der Waals surface area contributed by atoms with Crippen molar-refractivity contribution in [3.05, 3.63) is 51.5 Å². The topological polar surface area (TPSA) is 74.2 Å². The van der Waals surface area contributed by atoms with Crippen LogP contribution < -0.4 is 10.6 Å². The molecule has 2 amide bonds. The SMILES string of the molecule is Cc1nc(CCNC(=O)NCC(C)(O)c2ccccc2)sc1C. The summed E-state index contributed by atoms with van der Waals surface area (Å²) >= 11 is 1.66. The number of benzene rings is 1. The lowest BCUT2D eigenvalue weighted by molar-refractivity contribution is 0.0594. The zero-order chi connectivity index (χ0) is 16.9. The molecule has 0 saturated heterocycles. The Labute approximate surface area is 140 Å². The summed E-state index contributed by atoms with van der Waals surface area (Å²) in [6.07, 6.45) is 0.710. The minimum atomic E-state index is -1.10. The molecule has 1 unspecified atom stereocenters. The Morgan fingerprint density at radius 3 is 2.57 bits per heavy atom. The molecule has 0 aliphatic rings. The number of nitrogens with one attached hydrogen (secondary N) is 2. The minimum absolute atomic E-state index is 0.151. The van der Waals surface area contributed by atoms with Crippen molar-refractivity contribution in [1.82, 2.24) is 15.6 Å². The molecule has 1 aromatic heterocycles. The van der Waals surface area contributed by atoms with Gasteiger partial charge < -0.3 is 15.7 Å². The fourth-order valence-corrected chi connectivity index (χ4v) is 3.08. The van der Waals surface area contributed by atoms with Crippen LogP contribution in [0.1, 0.15) is 28.1 Å². The fourth-order valence-electron chi connectivity index (χ4n) is 2.14. The van der Waals surface area contributed by atoms with Crippen LogP contribution in [0.25, 0.3) is 0 Å². The van der Waals surface area contributed by atoms with Crippen molar-refractivity contribution < 1.29 is 9.90 Å². The van der Waals surface area contributed by atoms with E-state index >= 15 is 0 Å². The number of hydrogen-bond acceptors (Lipinski definition) is 4. The maximum absolute atomic E-state index is 11.8. The summed E-state index contributed by atoms with van der Waals surface area (Å²) in [4.78, 5) is 17.5. The quantitative estimate of drug-likeness (QED) is 0.760. The second-order valence-corrected chi connectivity index (χ2v) is 7.04. The molecule has 1 heterocycles. The Balaban J connectivity index is 1.74. The van der Waals surface area contributed by atoms with E-state index in [1.54, 1.807) is 18.3 Å². The van der Waals surface area contributed by atoms with E-state index in [9.17, 15) is 9.90 Å². The van der Waals surface area contributed by atoms with Crippen molar-refractivity contribution in [3.63, 3.8) is 0 Å². The van der Waals surface area contributed by atoms with E-state index in [4.69, 9.17) is 0 Å². The Morgan fingerprint density at radius 2 is 1.96 bits per heavy atom. The molecule has 0 radical (unpaired) electrons. The van der Waals surface area contributed by atoms with Gasteiger partial charge in [-0.25, -0.2) is 9.78 Å². The maximum Gasteiger partial charge on any atom is 0.314 e. The van der Waals surface area contributed by atoms with Crippen molar-refractivity contribution in [2.45, 2.75) is 32.8 Å². The van der Waals surface area contributed by atoms with Crippen molar-refractivity contribution in [1.29, 1.82) is 0 Å². The van der Waals surface area contributed by atoms with Crippen LogP contribution >= 0.6 is 11.3 Å². The highest BCUT2D eigenvalue weighted by Gasteiger charge is 2.23. The van der Waals surface area contributed by atoms with Crippen molar-refractivity contribution in [3.8, 4) is 0 Å². The molecule has 2 rings (SSSR count). The molecule has 6 heteroatoms. The molecule has 0 saturated carbocycles. The van der Waals surface area contributed by atoms with E-state index in [1.807, 2.05) is 44.2 Å². The standard InChI is InChI=1S/C17H23N3O2S/c1-12-13(2)23-15(20-12)9-10-18-16(21)19-11-17(3,22)14-7-5-4-6-8-14/h4-8,22H,9-11H2,1-3H3,(H2,18,19,21). The third-order valence-corrected chi connectivity index (χ3v) is 4.82. The normalized spacial score (nSPS) is 13.4. The molecule has 1 aromatic carbocycles. The largest absolute Gasteiger partial charge is 0.384 e. The van der Waals surface area contributed by atoms with Gasteiger partial charge in [0, 0.05) is 17.8 Å². The number of carbonyl (C=O) groups is 1. The van der Waals surface area contributed by atoms with E-state index in [1.165, 1.54) is 4.88 Å². The fraction of sp³-hybridized carbons (Fsp3) is 0.412. The van der Waals surface area contributed by atoms with Crippen LogP contribution in [0.3, 0.4) is 0 Å². The first-order chi connectivity index (χ1) is 10.9. The summed E-state index contributed by atoms with van der Waals surface area (Å²) in [5.41, 5.74) is 0.727. The van der Waals surface area contributed by atoms with Crippen molar-refractivity contribution in [2.24, 2.45) is 0 Å². The van der Waals surface area contributed by atoms with E-state index in [-0.39, 0.29) is 12.6 Å². The summed E-state index contributed by atoms with van der Waals surface area (Å²) in [5.74, 6) is 0. The van der Waals surface area contributed by atoms with E-state index in [2.05, 4.69) is 15.6 Å². The number of aromatic nitrogens is 1. The molecule has 124 valence electrons. The number of amides is 2. The smallest absolute Gasteiger partial charge is 0.314 e. The summed E-state index contributed by atoms with van der Waals surface area (Å²) < 4.78 is 0. The number of thiazole rings is 1. The van der Waals surface area contributed by atoms with Gasteiger partial charge in [-0.3, -0.25) is 0 Å². The summed E-state index contributed by atoms with van der Waals surface area (Å²) in [5, 5.41) is 16.9. The lowest BCUT2D eigenvalue weighted by atomic mass is 9.96. The van der Waals surface area contributed by atoms with Gasteiger partial charge in [0.05, 0.1) is 17.2 Å². The Bertz CT molecular complexity index is 634. The molecule has 0 bridgehead atoms. The summed E-state index contributed by atoms with van der Waals surface area (Å²) in [6, 6.07) is 9.01. The maximum atomic E-state index is 11.8. The molecule has 0 fully saturated rings. The molecule has 1 atom stereocenters. The predicted molar refractivity (Wildman–Crippen MR) is 92.7 cm³/mol. The number of hydrogen-bond donors (Lipinski definition) is 3. The van der Waals surface area contributed by atoms with Gasteiger partial charge >= 0.3 is 6.03 Å². The lowest BCUT2D eigenvalue weighted by Gasteiger charge is -2.24. The molecule has 3 N–H and O–H groups in total. The van der Waals surface area contributed by atoms with E-state index < -0.39 is 5.60 Å². The van der Waals surface area contributed by atoms with Crippen LogP contribution in [0.5, 0.6) is 0 Å². The monoisotopic (exact) mass is 333 g/mol. The molecule has 5 nitrogen and oxygen atoms in total. The van der Waals surface area contributed by atoms with Gasteiger partial charge in [0.2, 0.25) is 0 Å². The Morgan fingerprint density at radius 1 is 1.26 bits per heavy atom. The van der Waals surface area contributed by atoms with Gasteiger partial charge in [0.1, 0.15) is 5.60 Å².